The smallest absolute Gasteiger partial charge is 0.416 e. The Morgan fingerprint density at radius 1 is 1.00 bits per heavy atom. The highest BCUT2D eigenvalue weighted by Gasteiger charge is 2.30. The maximum Gasteiger partial charge on any atom is 0.416 e. The van der Waals surface area contributed by atoms with E-state index in [-0.39, 0.29) is 24.3 Å². The molecular weight excluding hydrogens is 367 g/mol. The van der Waals surface area contributed by atoms with E-state index < -0.39 is 17.3 Å². The van der Waals surface area contributed by atoms with Crippen LogP contribution in [0.5, 0.6) is 5.75 Å². The number of aromatic nitrogens is 1. The highest BCUT2D eigenvalue weighted by molar-refractivity contribution is 5.49. The molecule has 1 aromatic heterocycles. The van der Waals surface area contributed by atoms with Gasteiger partial charge in [-0.15, -0.1) is 0 Å². The first kappa shape index (κ1) is 19.5. The largest absolute Gasteiger partial charge is 0.507 e. The van der Waals surface area contributed by atoms with Gasteiger partial charge in [0.15, 0.2) is 0 Å². The highest BCUT2D eigenvalue weighted by Crippen LogP contribution is 2.29. The molecule has 0 spiro atoms. The number of allylic oxidation sites excluding steroid dienone is 1. The van der Waals surface area contributed by atoms with Crippen molar-refractivity contribution in [1.82, 2.24) is 4.57 Å². The molecule has 0 fully saturated rings. The molecule has 0 saturated heterocycles. The Balaban J connectivity index is 1.83. The summed E-state index contributed by atoms with van der Waals surface area (Å²) in [5, 5.41) is 10.0. The van der Waals surface area contributed by atoms with E-state index in [2.05, 4.69) is 0 Å². The van der Waals surface area contributed by atoms with Crippen LogP contribution in [-0.2, 0) is 19.1 Å². The number of halogens is 3. The Kier molecular flexibility index (Phi) is 5.68. The fraction of sp³-hybridized carbons (Fsp3) is 0.136. The van der Waals surface area contributed by atoms with Crippen LogP contribution in [0.15, 0.2) is 77.7 Å². The predicted molar refractivity (Wildman–Crippen MR) is 102 cm³/mol. The summed E-state index contributed by atoms with van der Waals surface area (Å²) < 4.78 is 39.9. The monoisotopic (exact) mass is 385 g/mol. The summed E-state index contributed by atoms with van der Waals surface area (Å²) in [4.78, 5) is 12.7. The van der Waals surface area contributed by atoms with Crippen molar-refractivity contribution >= 4 is 6.08 Å². The lowest BCUT2D eigenvalue weighted by Crippen LogP contribution is -2.23. The van der Waals surface area contributed by atoms with E-state index in [1.165, 1.54) is 29.0 Å². The van der Waals surface area contributed by atoms with Crippen molar-refractivity contribution in [2.45, 2.75) is 19.1 Å². The number of rotatable bonds is 5. The number of alkyl halides is 3. The van der Waals surface area contributed by atoms with Gasteiger partial charge in [0, 0.05) is 6.20 Å². The lowest BCUT2D eigenvalue weighted by atomic mass is 10.1. The minimum atomic E-state index is -4.44. The van der Waals surface area contributed by atoms with E-state index in [1.807, 2.05) is 36.4 Å². The molecule has 0 aliphatic rings. The standard InChI is InChI=1S/C22H18F3NO2/c23-22(24,25)18-10-4-9-17(14-18)15-26-13-12-20(27)19(21(26)28)11-5-8-16-6-2-1-3-7-16/h1-10,12-14,27H,11,15H2. The van der Waals surface area contributed by atoms with Crippen LogP contribution in [0, 0.1) is 0 Å². The van der Waals surface area contributed by atoms with Crippen LogP contribution in [0.2, 0.25) is 0 Å². The van der Waals surface area contributed by atoms with E-state index >= 15 is 0 Å². The van der Waals surface area contributed by atoms with E-state index in [9.17, 15) is 23.1 Å². The van der Waals surface area contributed by atoms with Crippen molar-refractivity contribution in [3.63, 3.8) is 0 Å². The van der Waals surface area contributed by atoms with E-state index in [0.717, 1.165) is 17.7 Å². The lowest BCUT2D eigenvalue weighted by Gasteiger charge is -2.11. The van der Waals surface area contributed by atoms with Gasteiger partial charge in [-0.2, -0.15) is 13.2 Å². The van der Waals surface area contributed by atoms with Crippen LogP contribution in [0.3, 0.4) is 0 Å². The van der Waals surface area contributed by atoms with Crippen molar-refractivity contribution in [3.05, 3.63) is 106 Å². The molecule has 3 nitrogen and oxygen atoms in total. The van der Waals surface area contributed by atoms with Crippen molar-refractivity contribution in [2.75, 3.05) is 0 Å². The molecular formula is C22H18F3NO2. The van der Waals surface area contributed by atoms with E-state index in [1.54, 1.807) is 6.08 Å². The summed E-state index contributed by atoms with van der Waals surface area (Å²) in [5.41, 5.74) is 0.315. The molecule has 3 aromatic rings. The van der Waals surface area contributed by atoms with Gasteiger partial charge in [-0.1, -0.05) is 54.6 Å². The Labute approximate surface area is 160 Å². The van der Waals surface area contributed by atoms with Crippen LogP contribution < -0.4 is 5.56 Å². The first-order valence-corrected chi connectivity index (χ1v) is 8.63. The van der Waals surface area contributed by atoms with Gasteiger partial charge in [0.2, 0.25) is 0 Å². The van der Waals surface area contributed by atoms with Gasteiger partial charge in [0.25, 0.3) is 5.56 Å². The van der Waals surface area contributed by atoms with Crippen LogP contribution >= 0.6 is 0 Å². The third kappa shape index (κ3) is 4.71. The maximum atomic E-state index is 12.9. The van der Waals surface area contributed by atoms with Crippen molar-refractivity contribution in [2.24, 2.45) is 0 Å². The quantitative estimate of drug-likeness (QED) is 0.680. The predicted octanol–water partition coefficient (Wildman–Crippen LogP) is 4.88. The molecule has 3 rings (SSSR count). The number of pyridine rings is 1. The van der Waals surface area contributed by atoms with Gasteiger partial charge in [0.05, 0.1) is 17.7 Å². The molecule has 28 heavy (non-hydrogen) atoms. The van der Waals surface area contributed by atoms with Crippen molar-refractivity contribution in [1.29, 1.82) is 0 Å². The number of aromatic hydroxyl groups is 1. The molecule has 2 aromatic carbocycles. The van der Waals surface area contributed by atoms with Gasteiger partial charge in [0.1, 0.15) is 5.75 Å². The van der Waals surface area contributed by atoms with Gasteiger partial charge in [-0.25, -0.2) is 0 Å². The van der Waals surface area contributed by atoms with Gasteiger partial charge in [-0.3, -0.25) is 4.79 Å². The lowest BCUT2D eigenvalue weighted by molar-refractivity contribution is -0.137. The summed E-state index contributed by atoms with van der Waals surface area (Å²) in [7, 11) is 0. The SMILES string of the molecule is O=c1c(CC=Cc2ccccc2)c(O)ccn1Cc1cccc(C(F)(F)F)c1. The van der Waals surface area contributed by atoms with E-state index in [4.69, 9.17) is 0 Å². The molecule has 144 valence electrons. The zero-order chi connectivity index (χ0) is 20.1. The molecule has 1 heterocycles. The second-order valence-corrected chi connectivity index (χ2v) is 6.33. The number of hydrogen-bond acceptors (Lipinski definition) is 2. The summed E-state index contributed by atoms with van der Waals surface area (Å²) >= 11 is 0. The van der Waals surface area contributed by atoms with Crippen LogP contribution in [-0.4, -0.2) is 9.67 Å². The Morgan fingerprint density at radius 2 is 1.75 bits per heavy atom. The molecule has 0 unspecified atom stereocenters. The van der Waals surface area contributed by atoms with Crippen molar-refractivity contribution in [3.8, 4) is 5.75 Å². The molecule has 0 aliphatic carbocycles. The Morgan fingerprint density at radius 3 is 2.46 bits per heavy atom. The highest BCUT2D eigenvalue weighted by atomic mass is 19.4. The average Bonchev–Trinajstić information content (AvgIpc) is 2.67. The van der Waals surface area contributed by atoms with Crippen LogP contribution in [0.4, 0.5) is 13.2 Å². The summed E-state index contributed by atoms with van der Waals surface area (Å²) in [6.07, 6.45) is 0.748. The van der Waals surface area contributed by atoms with Crippen LogP contribution in [0.1, 0.15) is 22.3 Å². The van der Waals surface area contributed by atoms with Gasteiger partial charge >= 0.3 is 6.18 Å². The number of benzene rings is 2. The number of nitrogens with zero attached hydrogens (tertiary/aromatic N) is 1. The molecule has 0 saturated carbocycles. The third-order valence-corrected chi connectivity index (χ3v) is 4.28. The first-order chi connectivity index (χ1) is 13.3. The third-order valence-electron chi connectivity index (χ3n) is 4.28. The topological polar surface area (TPSA) is 42.2 Å². The summed E-state index contributed by atoms with van der Waals surface area (Å²) in [6.45, 7) is -0.0154. The fourth-order valence-corrected chi connectivity index (χ4v) is 2.85. The zero-order valence-electron chi connectivity index (χ0n) is 14.9. The summed E-state index contributed by atoms with van der Waals surface area (Å²) in [5.74, 6) is -0.136. The normalized spacial score (nSPS) is 11.8. The minimum absolute atomic E-state index is 0.0154. The van der Waals surface area contributed by atoms with E-state index in [0.29, 0.717) is 5.56 Å². The minimum Gasteiger partial charge on any atom is -0.507 e. The first-order valence-electron chi connectivity index (χ1n) is 8.63. The van der Waals surface area contributed by atoms with Gasteiger partial charge < -0.3 is 9.67 Å². The molecule has 0 atom stereocenters. The molecule has 0 radical (unpaired) electrons. The average molecular weight is 385 g/mol. The molecule has 0 aliphatic heterocycles. The molecule has 6 heteroatoms. The second-order valence-electron chi connectivity index (χ2n) is 6.33. The second kappa shape index (κ2) is 8.17. The molecule has 1 N–H and O–H groups in total. The Hall–Kier alpha value is -3.28. The molecule has 0 amide bonds. The molecule has 0 bridgehead atoms. The number of hydrogen-bond donors (Lipinski definition) is 1. The summed E-state index contributed by atoms with van der Waals surface area (Å²) in [6, 6.07) is 15.7. The zero-order valence-corrected chi connectivity index (χ0v) is 14.9. The van der Waals surface area contributed by atoms with Crippen molar-refractivity contribution < 1.29 is 18.3 Å². The maximum absolute atomic E-state index is 12.9. The van der Waals surface area contributed by atoms with Gasteiger partial charge in [-0.05, 0) is 35.7 Å². The Bertz CT molecular complexity index is 1040. The van der Waals surface area contributed by atoms with Crippen LogP contribution in [0.25, 0.3) is 6.08 Å². The fourth-order valence-electron chi connectivity index (χ4n) is 2.85.